The van der Waals surface area contributed by atoms with Gasteiger partial charge in [0.25, 0.3) is 0 Å². The molecule has 180 valence electrons. The lowest BCUT2D eigenvalue weighted by molar-refractivity contribution is -0.135. The van der Waals surface area contributed by atoms with E-state index in [4.69, 9.17) is 21.8 Å². The number of carboxylic acid groups (broad SMARTS) is 2. The number of aliphatic carboxylic acids is 2. The number of rotatable bonds is 8. The van der Waals surface area contributed by atoms with Crippen LogP contribution in [-0.2, 0) is 35.7 Å². The van der Waals surface area contributed by atoms with Gasteiger partial charge in [-0.25, -0.2) is 16.8 Å². The van der Waals surface area contributed by atoms with Gasteiger partial charge in [0.2, 0.25) is 0 Å². The highest BCUT2D eigenvalue weighted by atomic mass is 35.5. The molecule has 0 saturated heterocycles. The van der Waals surface area contributed by atoms with E-state index < -0.39 is 43.1 Å². The summed E-state index contributed by atoms with van der Waals surface area (Å²) in [5.74, 6) is -4.52. The first-order chi connectivity index (χ1) is 15.9. The summed E-state index contributed by atoms with van der Waals surface area (Å²) in [7, 11) is -7.48. The van der Waals surface area contributed by atoms with Crippen LogP contribution < -0.4 is 0 Å². The monoisotopic (exact) mass is 524 g/mol. The lowest BCUT2D eigenvalue weighted by Gasteiger charge is -2.05. The third-order valence-corrected chi connectivity index (χ3v) is 7.82. The summed E-state index contributed by atoms with van der Waals surface area (Å²) in [6.45, 7) is 0. The van der Waals surface area contributed by atoms with E-state index in [1.807, 2.05) is 30.3 Å². The molecular formula is C23H21ClO8S2. The Morgan fingerprint density at radius 2 is 1.00 bits per heavy atom. The quantitative estimate of drug-likeness (QED) is 0.456. The summed E-state index contributed by atoms with van der Waals surface area (Å²) in [5.41, 5.74) is 2.11. The SMILES string of the molecule is O=C(O)CS(=O)(=O)c1ccc(Cc2ccccc2)cc1.O=C(O)CS(=O)(=O)c1ccc(Cl)cc1. The number of benzene rings is 3. The van der Waals surface area contributed by atoms with Gasteiger partial charge in [0.15, 0.2) is 31.2 Å². The Hall–Kier alpha value is -3.21. The van der Waals surface area contributed by atoms with E-state index >= 15 is 0 Å². The van der Waals surface area contributed by atoms with Crippen LogP contribution in [0.15, 0.2) is 88.7 Å². The first-order valence-corrected chi connectivity index (χ1v) is 13.3. The van der Waals surface area contributed by atoms with E-state index in [-0.39, 0.29) is 9.79 Å². The molecule has 0 fully saturated rings. The molecule has 3 aromatic rings. The molecular weight excluding hydrogens is 504 g/mol. The Balaban J connectivity index is 0.000000257. The second kappa shape index (κ2) is 11.8. The first kappa shape index (κ1) is 27.0. The number of carboxylic acids is 2. The summed E-state index contributed by atoms with van der Waals surface area (Å²) in [6, 6.07) is 21.5. The molecule has 0 aliphatic heterocycles. The minimum absolute atomic E-state index is 0.0377. The second-order valence-corrected chi connectivity index (χ2v) is 11.5. The van der Waals surface area contributed by atoms with Gasteiger partial charge >= 0.3 is 11.9 Å². The van der Waals surface area contributed by atoms with Crippen molar-refractivity contribution in [1.82, 2.24) is 0 Å². The number of hydrogen-bond donors (Lipinski definition) is 2. The Morgan fingerprint density at radius 3 is 1.41 bits per heavy atom. The number of carbonyl (C=O) groups is 2. The zero-order valence-corrected chi connectivity index (χ0v) is 20.1. The fourth-order valence-corrected chi connectivity index (χ4v) is 4.99. The molecule has 0 aliphatic carbocycles. The molecule has 0 heterocycles. The highest BCUT2D eigenvalue weighted by molar-refractivity contribution is 7.92. The Bertz CT molecular complexity index is 1330. The van der Waals surface area contributed by atoms with E-state index in [0.717, 1.165) is 11.1 Å². The van der Waals surface area contributed by atoms with Gasteiger partial charge in [0.05, 0.1) is 9.79 Å². The van der Waals surface area contributed by atoms with E-state index in [9.17, 15) is 26.4 Å². The van der Waals surface area contributed by atoms with Crippen LogP contribution in [0.1, 0.15) is 11.1 Å². The van der Waals surface area contributed by atoms with E-state index in [1.165, 1.54) is 36.4 Å². The minimum atomic E-state index is -3.75. The molecule has 0 saturated carbocycles. The van der Waals surface area contributed by atoms with Gasteiger partial charge < -0.3 is 10.2 Å². The van der Waals surface area contributed by atoms with Crippen LogP contribution in [-0.4, -0.2) is 50.5 Å². The van der Waals surface area contributed by atoms with Crippen molar-refractivity contribution < 1.29 is 36.6 Å². The number of sulfone groups is 2. The molecule has 0 bridgehead atoms. The predicted molar refractivity (Wildman–Crippen MR) is 127 cm³/mol. The topological polar surface area (TPSA) is 143 Å². The molecule has 3 rings (SSSR count). The van der Waals surface area contributed by atoms with Crippen molar-refractivity contribution in [3.8, 4) is 0 Å². The van der Waals surface area contributed by atoms with Crippen molar-refractivity contribution in [3.63, 3.8) is 0 Å². The van der Waals surface area contributed by atoms with Crippen LogP contribution in [0.3, 0.4) is 0 Å². The number of halogens is 1. The fourth-order valence-electron chi connectivity index (χ4n) is 2.78. The van der Waals surface area contributed by atoms with Crippen LogP contribution in [0.4, 0.5) is 0 Å². The summed E-state index contributed by atoms with van der Waals surface area (Å²) >= 11 is 5.56. The van der Waals surface area contributed by atoms with Gasteiger partial charge in [-0.15, -0.1) is 0 Å². The van der Waals surface area contributed by atoms with Crippen molar-refractivity contribution in [1.29, 1.82) is 0 Å². The molecule has 0 spiro atoms. The molecule has 0 unspecified atom stereocenters. The lowest BCUT2D eigenvalue weighted by atomic mass is 10.1. The van der Waals surface area contributed by atoms with Crippen molar-refractivity contribution in [2.24, 2.45) is 0 Å². The van der Waals surface area contributed by atoms with E-state index in [1.54, 1.807) is 12.1 Å². The molecule has 0 aliphatic rings. The van der Waals surface area contributed by atoms with Gasteiger partial charge in [-0.05, 0) is 53.9 Å². The largest absolute Gasteiger partial charge is 0.480 e. The average molecular weight is 525 g/mol. The van der Waals surface area contributed by atoms with E-state index in [2.05, 4.69) is 0 Å². The van der Waals surface area contributed by atoms with Crippen LogP contribution >= 0.6 is 11.6 Å². The normalized spacial score (nSPS) is 11.2. The van der Waals surface area contributed by atoms with Gasteiger partial charge in [-0.2, -0.15) is 0 Å². The van der Waals surface area contributed by atoms with Gasteiger partial charge in [0, 0.05) is 5.02 Å². The third-order valence-electron chi connectivity index (χ3n) is 4.33. The first-order valence-electron chi connectivity index (χ1n) is 9.66. The maximum atomic E-state index is 11.7. The van der Waals surface area contributed by atoms with Crippen LogP contribution in [0.2, 0.25) is 5.02 Å². The molecule has 0 radical (unpaired) electrons. The zero-order chi connectivity index (χ0) is 25.4. The molecule has 0 atom stereocenters. The lowest BCUT2D eigenvalue weighted by Crippen LogP contribution is -2.15. The van der Waals surface area contributed by atoms with Gasteiger partial charge in [-0.1, -0.05) is 54.1 Å². The second-order valence-electron chi connectivity index (χ2n) is 7.07. The highest BCUT2D eigenvalue weighted by Crippen LogP contribution is 2.16. The molecule has 11 heteroatoms. The standard InChI is InChI=1S/C15H14O4S.C8H7ClO4S/c16-15(17)11-20(18,19)14-8-6-13(7-9-14)10-12-4-2-1-3-5-12;9-6-1-3-7(4-2-6)14(12,13)5-8(10)11/h1-9H,10-11H2,(H,16,17);1-4H,5H2,(H,10,11). The van der Waals surface area contributed by atoms with Crippen molar-refractivity contribution in [2.45, 2.75) is 16.2 Å². The highest BCUT2D eigenvalue weighted by Gasteiger charge is 2.19. The molecule has 0 amide bonds. The van der Waals surface area contributed by atoms with Crippen molar-refractivity contribution in [3.05, 3.63) is 95.0 Å². The number of hydrogen-bond acceptors (Lipinski definition) is 6. The predicted octanol–water partition coefficient (Wildman–Crippen LogP) is 3.33. The Labute approximate surface area is 202 Å². The summed E-state index contributed by atoms with van der Waals surface area (Å²) in [5, 5.41) is 17.3. The Kier molecular flexibility index (Phi) is 9.36. The summed E-state index contributed by atoms with van der Waals surface area (Å²) in [6.07, 6.45) is 0.708. The molecule has 0 aromatic heterocycles. The van der Waals surface area contributed by atoms with Crippen molar-refractivity contribution >= 4 is 43.2 Å². The van der Waals surface area contributed by atoms with Crippen LogP contribution in [0, 0.1) is 0 Å². The summed E-state index contributed by atoms with van der Waals surface area (Å²) in [4.78, 5) is 20.8. The average Bonchev–Trinajstić information content (AvgIpc) is 2.74. The van der Waals surface area contributed by atoms with Crippen molar-refractivity contribution in [2.75, 3.05) is 11.5 Å². The van der Waals surface area contributed by atoms with Crippen LogP contribution in [0.5, 0.6) is 0 Å². The summed E-state index contributed by atoms with van der Waals surface area (Å²) < 4.78 is 46.1. The molecule has 34 heavy (non-hydrogen) atoms. The van der Waals surface area contributed by atoms with E-state index in [0.29, 0.717) is 11.4 Å². The smallest absolute Gasteiger partial charge is 0.319 e. The maximum Gasteiger partial charge on any atom is 0.319 e. The third kappa shape index (κ3) is 8.62. The fraction of sp³-hybridized carbons (Fsp3) is 0.130. The minimum Gasteiger partial charge on any atom is -0.480 e. The van der Waals surface area contributed by atoms with Crippen LogP contribution in [0.25, 0.3) is 0 Å². The Morgan fingerprint density at radius 1 is 0.618 bits per heavy atom. The van der Waals surface area contributed by atoms with Gasteiger partial charge in [-0.3, -0.25) is 9.59 Å². The zero-order valence-electron chi connectivity index (χ0n) is 17.7. The maximum absolute atomic E-state index is 11.7. The molecule has 2 N–H and O–H groups in total. The molecule has 8 nitrogen and oxygen atoms in total. The van der Waals surface area contributed by atoms with Gasteiger partial charge in [0.1, 0.15) is 0 Å². The molecule has 3 aromatic carbocycles.